The summed E-state index contributed by atoms with van der Waals surface area (Å²) in [4.78, 5) is 28.8. The van der Waals surface area contributed by atoms with Gasteiger partial charge in [-0.3, -0.25) is 4.79 Å². The van der Waals surface area contributed by atoms with Crippen LogP contribution in [-0.2, 0) is 16.1 Å². The van der Waals surface area contributed by atoms with Gasteiger partial charge in [0.25, 0.3) is 0 Å². The number of primary amides is 1. The molecule has 3 N–H and O–H groups in total. The molecule has 1 aliphatic rings. The highest BCUT2D eigenvalue weighted by Gasteiger charge is 2.16. The van der Waals surface area contributed by atoms with Crippen molar-refractivity contribution >= 4 is 28.5 Å². The predicted octanol–water partition coefficient (Wildman–Crippen LogP) is 0.0647. The van der Waals surface area contributed by atoms with E-state index in [9.17, 15) is 9.59 Å². The Kier molecular flexibility index (Phi) is 3.98. The number of nitrogens with zero attached hydrogens (tertiary/aromatic N) is 2. The molecule has 0 saturated carbocycles. The number of nitrogens with one attached hydrogen (secondary N) is 1. The van der Waals surface area contributed by atoms with Crippen LogP contribution in [0.4, 0.5) is 9.93 Å². The number of thiazole rings is 1. The van der Waals surface area contributed by atoms with Crippen LogP contribution in [0.2, 0.25) is 0 Å². The van der Waals surface area contributed by atoms with Gasteiger partial charge in [-0.15, -0.1) is 0 Å². The first kappa shape index (κ1) is 12.6. The van der Waals surface area contributed by atoms with Gasteiger partial charge >= 0.3 is 6.09 Å². The number of ether oxygens (including phenoxy) is 1. The number of carbonyl (C=O) groups excluding carboxylic acids is 2. The van der Waals surface area contributed by atoms with E-state index in [1.54, 1.807) is 6.20 Å². The Bertz CT molecular complexity index is 448. The maximum absolute atomic E-state index is 11.2. The highest BCUT2D eigenvalue weighted by Crippen LogP contribution is 2.23. The molecule has 0 atom stereocenters. The molecule has 0 spiro atoms. The van der Waals surface area contributed by atoms with Crippen LogP contribution in [0.15, 0.2) is 6.20 Å². The van der Waals surface area contributed by atoms with Gasteiger partial charge in [-0.2, -0.15) is 0 Å². The average molecular weight is 270 g/mol. The Morgan fingerprint density at radius 1 is 1.61 bits per heavy atom. The predicted molar refractivity (Wildman–Crippen MR) is 66.3 cm³/mol. The minimum absolute atomic E-state index is 0.0614. The van der Waals surface area contributed by atoms with Gasteiger partial charge in [-0.1, -0.05) is 11.3 Å². The monoisotopic (exact) mass is 270 g/mol. The molecule has 1 saturated heterocycles. The highest BCUT2D eigenvalue weighted by atomic mass is 32.1. The lowest BCUT2D eigenvalue weighted by atomic mass is 10.4. The van der Waals surface area contributed by atoms with E-state index in [4.69, 9.17) is 10.5 Å². The largest absolute Gasteiger partial charge is 0.444 e. The van der Waals surface area contributed by atoms with Gasteiger partial charge in [-0.05, 0) is 0 Å². The second-order valence-corrected chi connectivity index (χ2v) is 4.90. The first-order valence-electron chi connectivity index (χ1n) is 5.54. The Morgan fingerprint density at radius 2 is 2.44 bits per heavy atom. The van der Waals surface area contributed by atoms with Gasteiger partial charge in [0.15, 0.2) is 5.13 Å². The third-order valence-corrected chi connectivity index (χ3v) is 3.51. The Hall–Kier alpha value is -1.83. The fourth-order valence-corrected chi connectivity index (χ4v) is 2.49. The molecular weight excluding hydrogens is 256 g/mol. The summed E-state index contributed by atoms with van der Waals surface area (Å²) in [5.74, 6) is 0.0614. The summed E-state index contributed by atoms with van der Waals surface area (Å²) >= 11 is 1.43. The third-order valence-electron chi connectivity index (χ3n) is 2.48. The minimum Gasteiger partial charge on any atom is -0.444 e. The number of hydrogen-bond donors (Lipinski definition) is 2. The number of rotatable bonds is 3. The first-order valence-corrected chi connectivity index (χ1v) is 6.35. The van der Waals surface area contributed by atoms with Crippen molar-refractivity contribution in [3.63, 3.8) is 0 Å². The molecule has 0 aliphatic carbocycles. The summed E-state index contributed by atoms with van der Waals surface area (Å²) in [7, 11) is 0. The van der Waals surface area contributed by atoms with E-state index in [1.165, 1.54) is 11.3 Å². The molecule has 7 nitrogen and oxygen atoms in total. The van der Waals surface area contributed by atoms with Gasteiger partial charge in [-0.25, -0.2) is 9.78 Å². The fourth-order valence-electron chi connectivity index (χ4n) is 1.61. The van der Waals surface area contributed by atoms with Crippen LogP contribution in [-0.4, -0.2) is 36.6 Å². The molecule has 0 unspecified atom stereocenters. The lowest BCUT2D eigenvalue weighted by Gasteiger charge is -2.17. The van der Waals surface area contributed by atoms with Crippen LogP contribution in [0.3, 0.4) is 0 Å². The summed E-state index contributed by atoms with van der Waals surface area (Å²) in [5.41, 5.74) is 4.89. The van der Waals surface area contributed by atoms with Gasteiger partial charge < -0.3 is 20.7 Å². The summed E-state index contributed by atoms with van der Waals surface area (Å²) < 4.78 is 4.69. The Labute approximate surface area is 108 Å². The first-order chi connectivity index (χ1) is 8.65. The standard InChI is InChI=1S/C10H14N4O3S/c11-9(16)17-6-7-5-13-10(18-7)14-3-1-8(15)12-2-4-14/h5H,1-4,6H2,(H2,11,16)(H,12,15). The molecule has 8 heteroatoms. The molecule has 2 rings (SSSR count). The van der Waals surface area contributed by atoms with Crippen molar-refractivity contribution in [3.05, 3.63) is 11.1 Å². The molecule has 18 heavy (non-hydrogen) atoms. The van der Waals surface area contributed by atoms with Crippen molar-refractivity contribution in [1.29, 1.82) is 0 Å². The van der Waals surface area contributed by atoms with Crippen LogP contribution in [0, 0.1) is 0 Å². The van der Waals surface area contributed by atoms with E-state index in [1.807, 2.05) is 4.90 Å². The van der Waals surface area contributed by atoms with Crippen LogP contribution in [0.25, 0.3) is 0 Å². The maximum Gasteiger partial charge on any atom is 0.404 e. The zero-order valence-electron chi connectivity index (χ0n) is 9.72. The van der Waals surface area contributed by atoms with Crippen LogP contribution < -0.4 is 16.0 Å². The number of amides is 2. The second-order valence-electron chi connectivity index (χ2n) is 3.80. The third kappa shape index (κ3) is 3.33. The molecule has 1 aromatic heterocycles. The van der Waals surface area contributed by atoms with E-state index in [0.29, 0.717) is 19.5 Å². The van der Waals surface area contributed by atoms with Crippen LogP contribution in [0.5, 0.6) is 0 Å². The lowest BCUT2D eigenvalue weighted by Crippen LogP contribution is -2.28. The zero-order valence-corrected chi connectivity index (χ0v) is 10.5. The minimum atomic E-state index is -0.797. The summed E-state index contributed by atoms with van der Waals surface area (Å²) in [5, 5.41) is 3.63. The highest BCUT2D eigenvalue weighted by molar-refractivity contribution is 7.15. The topological polar surface area (TPSA) is 97.6 Å². The number of nitrogens with two attached hydrogens (primary N) is 1. The number of aromatic nitrogens is 1. The smallest absolute Gasteiger partial charge is 0.404 e. The van der Waals surface area contributed by atoms with Crippen molar-refractivity contribution in [3.8, 4) is 0 Å². The average Bonchev–Trinajstić information content (AvgIpc) is 2.69. The summed E-state index contributed by atoms with van der Waals surface area (Å²) in [6, 6.07) is 0. The fraction of sp³-hybridized carbons (Fsp3) is 0.500. The molecule has 2 heterocycles. The summed E-state index contributed by atoms with van der Waals surface area (Å²) in [6.45, 7) is 2.13. The van der Waals surface area contributed by atoms with Gasteiger partial charge in [0, 0.05) is 32.3 Å². The van der Waals surface area contributed by atoms with E-state index in [-0.39, 0.29) is 12.5 Å². The van der Waals surface area contributed by atoms with E-state index in [0.717, 1.165) is 16.6 Å². The van der Waals surface area contributed by atoms with Crippen molar-refractivity contribution < 1.29 is 14.3 Å². The molecule has 2 amide bonds. The normalized spacial score (nSPS) is 16.0. The van der Waals surface area contributed by atoms with Gasteiger partial charge in [0.05, 0.1) is 4.88 Å². The molecule has 1 aromatic rings. The number of hydrogen-bond acceptors (Lipinski definition) is 6. The molecule has 0 bridgehead atoms. The SMILES string of the molecule is NC(=O)OCc1cnc(N2CCNC(=O)CC2)s1. The maximum atomic E-state index is 11.2. The van der Waals surface area contributed by atoms with Crippen LogP contribution in [0.1, 0.15) is 11.3 Å². The zero-order chi connectivity index (χ0) is 13.0. The Morgan fingerprint density at radius 3 is 3.22 bits per heavy atom. The Balaban J connectivity index is 1.96. The van der Waals surface area contributed by atoms with Crippen LogP contribution >= 0.6 is 11.3 Å². The number of anilines is 1. The second kappa shape index (κ2) is 5.67. The van der Waals surface area contributed by atoms with Crippen molar-refractivity contribution in [2.75, 3.05) is 24.5 Å². The number of carbonyl (C=O) groups is 2. The van der Waals surface area contributed by atoms with Gasteiger partial charge in [0.2, 0.25) is 5.91 Å². The molecule has 98 valence electrons. The van der Waals surface area contributed by atoms with E-state index >= 15 is 0 Å². The van der Waals surface area contributed by atoms with Crippen molar-refractivity contribution in [1.82, 2.24) is 10.3 Å². The van der Waals surface area contributed by atoms with Crippen molar-refractivity contribution in [2.45, 2.75) is 13.0 Å². The van der Waals surface area contributed by atoms with E-state index in [2.05, 4.69) is 10.3 Å². The quantitative estimate of drug-likeness (QED) is 0.809. The molecule has 0 aromatic carbocycles. The molecular formula is C10H14N4O3S. The molecule has 1 aliphatic heterocycles. The lowest BCUT2D eigenvalue weighted by molar-refractivity contribution is -0.120. The molecule has 1 fully saturated rings. The summed E-state index contributed by atoms with van der Waals surface area (Å²) in [6.07, 6.45) is 1.32. The van der Waals surface area contributed by atoms with Gasteiger partial charge in [0.1, 0.15) is 6.61 Å². The van der Waals surface area contributed by atoms with E-state index < -0.39 is 6.09 Å². The van der Waals surface area contributed by atoms with Crippen molar-refractivity contribution in [2.24, 2.45) is 5.73 Å². The molecule has 0 radical (unpaired) electrons.